The van der Waals surface area contributed by atoms with Gasteiger partial charge < -0.3 is 14.2 Å². The number of hydrogen-bond donors (Lipinski definition) is 0. The molecule has 5 heteroatoms. The summed E-state index contributed by atoms with van der Waals surface area (Å²) in [6, 6.07) is 9.44. The van der Waals surface area contributed by atoms with E-state index in [2.05, 4.69) is 5.16 Å². The van der Waals surface area contributed by atoms with Gasteiger partial charge in [0.15, 0.2) is 5.69 Å². The third-order valence-corrected chi connectivity index (χ3v) is 3.63. The monoisotopic (exact) mass is 286 g/mol. The SMILES string of the molecule is COc1cccc(CN(C)C(=O)c2cc(C3CC3)on2)c1. The van der Waals surface area contributed by atoms with E-state index in [1.54, 1.807) is 25.1 Å². The molecule has 1 aliphatic carbocycles. The molecule has 21 heavy (non-hydrogen) atoms. The molecule has 1 saturated carbocycles. The van der Waals surface area contributed by atoms with Crippen LogP contribution in [0.3, 0.4) is 0 Å². The summed E-state index contributed by atoms with van der Waals surface area (Å²) in [6.45, 7) is 0.502. The molecule has 0 aliphatic heterocycles. The Morgan fingerprint density at radius 3 is 2.95 bits per heavy atom. The lowest BCUT2D eigenvalue weighted by atomic mass is 10.2. The van der Waals surface area contributed by atoms with Crippen LogP contribution in [-0.4, -0.2) is 30.1 Å². The summed E-state index contributed by atoms with van der Waals surface area (Å²) in [5.41, 5.74) is 1.39. The zero-order valence-corrected chi connectivity index (χ0v) is 12.2. The van der Waals surface area contributed by atoms with Gasteiger partial charge in [-0.05, 0) is 30.5 Å². The first-order valence-electron chi connectivity index (χ1n) is 7.02. The number of methoxy groups -OCH3 is 1. The van der Waals surface area contributed by atoms with Gasteiger partial charge in [0.2, 0.25) is 0 Å². The Morgan fingerprint density at radius 2 is 2.24 bits per heavy atom. The van der Waals surface area contributed by atoms with Crippen molar-refractivity contribution >= 4 is 5.91 Å². The van der Waals surface area contributed by atoms with E-state index in [1.165, 1.54) is 0 Å². The molecule has 3 rings (SSSR count). The molecular weight excluding hydrogens is 268 g/mol. The maximum absolute atomic E-state index is 12.3. The lowest BCUT2D eigenvalue weighted by molar-refractivity contribution is 0.0774. The summed E-state index contributed by atoms with van der Waals surface area (Å²) >= 11 is 0. The summed E-state index contributed by atoms with van der Waals surface area (Å²) in [4.78, 5) is 14.0. The molecule has 0 atom stereocenters. The van der Waals surface area contributed by atoms with Gasteiger partial charge in [0.05, 0.1) is 7.11 Å². The van der Waals surface area contributed by atoms with Crippen molar-refractivity contribution < 1.29 is 14.1 Å². The number of amides is 1. The fourth-order valence-corrected chi connectivity index (χ4v) is 2.26. The topological polar surface area (TPSA) is 55.6 Å². The van der Waals surface area contributed by atoms with E-state index in [0.717, 1.165) is 29.9 Å². The van der Waals surface area contributed by atoms with Crippen molar-refractivity contribution in [2.24, 2.45) is 0 Å². The summed E-state index contributed by atoms with van der Waals surface area (Å²) in [6.07, 6.45) is 2.25. The molecule has 2 aromatic rings. The zero-order chi connectivity index (χ0) is 14.8. The van der Waals surface area contributed by atoms with Gasteiger partial charge in [-0.3, -0.25) is 4.79 Å². The standard InChI is InChI=1S/C16H18N2O3/c1-18(10-11-4-3-5-13(8-11)20-2)16(19)14-9-15(21-17-14)12-6-7-12/h3-5,8-9,12H,6-7,10H2,1-2H3. The number of hydrogen-bond acceptors (Lipinski definition) is 4. The van der Waals surface area contributed by atoms with E-state index in [4.69, 9.17) is 9.26 Å². The Balaban J connectivity index is 1.68. The van der Waals surface area contributed by atoms with Crippen molar-refractivity contribution in [1.29, 1.82) is 0 Å². The maximum Gasteiger partial charge on any atom is 0.276 e. The fraction of sp³-hybridized carbons (Fsp3) is 0.375. The van der Waals surface area contributed by atoms with Crippen molar-refractivity contribution in [2.75, 3.05) is 14.2 Å². The van der Waals surface area contributed by atoms with Crippen molar-refractivity contribution in [2.45, 2.75) is 25.3 Å². The third kappa shape index (κ3) is 3.07. The Labute approximate surface area is 123 Å². The molecular formula is C16H18N2O3. The molecule has 0 saturated heterocycles. The minimum atomic E-state index is -0.131. The van der Waals surface area contributed by atoms with E-state index in [9.17, 15) is 4.79 Å². The molecule has 1 aliphatic rings. The van der Waals surface area contributed by atoms with Gasteiger partial charge in [0.25, 0.3) is 5.91 Å². The summed E-state index contributed by atoms with van der Waals surface area (Å²) in [7, 11) is 3.38. The van der Waals surface area contributed by atoms with Gasteiger partial charge in [-0.2, -0.15) is 0 Å². The molecule has 5 nitrogen and oxygen atoms in total. The average Bonchev–Trinajstić information content (AvgIpc) is 3.24. The normalized spacial score (nSPS) is 14.0. The lowest BCUT2D eigenvalue weighted by Gasteiger charge is -2.16. The second-order valence-electron chi connectivity index (χ2n) is 5.40. The van der Waals surface area contributed by atoms with Crippen molar-refractivity contribution in [3.05, 3.63) is 47.3 Å². The smallest absolute Gasteiger partial charge is 0.276 e. The Kier molecular flexibility index (Phi) is 3.64. The van der Waals surface area contributed by atoms with Crippen LogP contribution in [-0.2, 0) is 6.54 Å². The van der Waals surface area contributed by atoms with Crippen LogP contribution >= 0.6 is 0 Å². The molecule has 0 radical (unpaired) electrons. The number of ether oxygens (including phenoxy) is 1. The predicted octanol–water partition coefficient (Wildman–Crippen LogP) is 2.83. The first kappa shape index (κ1) is 13.7. The summed E-state index contributed by atoms with van der Waals surface area (Å²) in [5.74, 6) is 1.94. The number of carbonyl (C=O) groups is 1. The van der Waals surface area contributed by atoms with Crippen molar-refractivity contribution in [3.63, 3.8) is 0 Å². The van der Waals surface area contributed by atoms with Crippen LogP contribution in [0.4, 0.5) is 0 Å². The van der Waals surface area contributed by atoms with Crippen LogP contribution in [0.25, 0.3) is 0 Å². The van der Waals surface area contributed by atoms with E-state index in [0.29, 0.717) is 18.2 Å². The van der Waals surface area contributed by atoms with Crippen molar-refractivity contribution in [3.8, 4) is 5.75 Å². The lowest BCUT2D eigenvalue weighted by Crippen LogP contribution is -2.26. The maximum atomic E-state index is 12.3. The minimum Gasteiger partial charge on any atom is -0.497 e. The quantitative estimate of drug-likeness (QED) is 0.848. The second kappa shape index (κ2) is 5.60. The van der Waals surface area contributed by atoms with Crippen LogP contribution in [0.2, 0.25) is 0 Å². The number of nitrogens with zero attached hydrogens (tertiary/aromatic N) is 2. The van der Waals surface area contributed by atoms with Crippen LogP contribution < -0.4 is 4.74 Å². The van der Waals surface area contributed by atoms with Crippen LogP contribution in [0.15, 0.2) is 34.9 Å². The fourth-order valence-electron chi connectivity index (χ4n) is 2.26. The number of aromatic nitrogens is 1. The van der Waals surface area contributed by atoms with E-state index >= 15 is 0 Å². The molecule has 0 unspecified atom stereocenters. The molecule has 0 bridgehead atoms. The highest BCUT2D eigenvalue weighted by molar-refractivity contribution is 5.92. The van der Waals surface area contributed by atoms with Gasteiger partial charge in [-0.1, -0.05) is 17.3 Å². The second-order valence-corrected chi connectivity index (χ2v) is 5.40. The molecule has 1 fully saturated rings. The summed E-state index contributed by atoms with van der Waals surface area (Å²) < 4.78 is 10.4. The van der Waals surface area contributed by atoms with Crippen LogP contribution in [0.5, 0.6) is 5.75 Å². The Morgan fingerprint density at radius 1 is 1.43 bits per heavy atom. The Hall–Kier alpha value is -2.30. The minimum absolute atomic E-state index is 0.131. The van der Waals surface area contributed by atoms with Gasteiger partial charge >= 0.3 is 0 Å². The number of carbonyl (C=O) groups excluding carboxylic acids is 1. The zero-order valence-electron chi connectivity index (χ0n) is 12.2. The molecule has 110 valence electrons. The third-order valence-electron chi connectivity index (χ3n) is 3.63. The van der Waals surface area contributed by atoms with E-state index in [-0.39, 0.29) is 5.91 Å². The Bertz CT molecular complexity index is 646. The molecule has 0 N–H and O–H groups in total. The molecule has 0 spiro atoms. The highest BCUT2D eigenvalue weighted by atomic mass is 16.5. The van der Waals surface area contributed by atoms with Crippen LogP contribution in [0.1, 0.15) is 40.6 Å². The molecule has 1 aromatic carbocycles. The molecule has 1 aromatic heterocycles. The van der Waals surface area contributed by atoms with Crippen molar-refractivity contribution in [1.82, 2.24) is 10.1 Å². The van der Waals surface area contributed by atoms with Gasteiger partial charge in [-0.15, -0.1) is 0 Å². The van der Waals surface area contributed by atoms with E-state index in [1.807, 2.05) is 24.3 Å². The highest BCUT2D eigenvalue weighted by Gasteiger charge is 2.29. The first-order valence-corrected chi connectivity index (χ1v) is 7.02. The predicted molar refractivity (Wildman–Crippen MR) is 77.3 cm³/mol. The van der Waals surface area contributed by atoms with E-state index < -0.39 is 0 Å². The number of rotatable bonds is 5. The largest absolute Gasteiger partial charge is 0.497 e. The molecule has 1 amide bonds. The first-order chi connectivity index (χ1) is 10.2. The number of benzene rings is 1. The average molecular weight is 286 g/mol. The van der Waals surface area contributed by atoms with Gasteiger partial charge in [-0.25, -0.2) is 0 Å². The van der Waals surface area contributed by atoms with Crippen LogP contribution in [0, 0.1) is 0 Å². The summed E-state index contributed by atoms with van der Waals surface area (Å²) in [5, 5.41) is 3.88. The van der Waals surface area contributed by atoms with Gasteiger partial charge in [0.1, 0.15) is 11.5 Å². The van der Waals surface area contributed by atoms with Gasteiger partial charge in [0, 0.05) is 25.6 Å². The highest BCUT2D eigenvalue weighted by Crippen LogP contribution is 2.40. The molecule has 1 heterocycles.